The molecule has 0 saturated heterocycles. The predicted octanol–water partition coefficient (Wildman–Crippen LogP) is 2.63. The molecular weight excluding hydrogens is 198 g/mol. The Morgan fingerprint density at radius 2 is 1.81 bits per heavy atom. The minimum atomic E-state index is 0.130. The minimum Gasteiger partial charge on any atom is -0.494 e. The third-order valence-electron chi connectivity index (χ3n) is 3.35. The van der Waals surface area contributed by atoms with Crippen LogP contribution in [0.2, 0.25) is 0 Å². The molecule has 0 atom stereocenters. The normalized spacial score (nSPS) is 17.6. The first kappa shape index (κ1) is 11.2. The zero-order valence-corrected chi connectivity index (χ0v) is 9.78. The number of hydrogen-bond acceptors (Lipinski definition) is 2. The molecule has 1 aliphatic carbocycles. The molecule has 0 radical (unpaired) electrons. The highest BCUT2D eigenvalue weighted by Gasteiger charge is 2.31. The Bertz CT molecular complexity index is 359. The van der Waals surface area contributed by atoms with Crippen molar-refractivity contribution in [3.8, 4) is 5.75 Å². The summed E-state index contributed by atoms with van der Waals surface area (Å²) < 4.78 is 5.44. The van der Waals surface area contributed by atoms with Crippen molar-refractivity contribution in [2.75, 3.05) is 13.2 Å². The Morgan fingerprint density at radius 3 is 2.31 bits per heavy atom. The number of hydrogen-bond donors (Lipinski definition) is 1. The SMILES string of the molecule is CCOc1ccc(C2(CN)CC=CC2)cc1. The molecule has 1 aromatic rings. The van der Waals surface area contributed by atoms with Crippen molar-refractivity contribution >= 4 is 0 Å². The lowest BCUT2D eigenvalue weighted by molar-refractivity contribution is 0.339. The van der Waals surface area contributed by atoms with Gasteiger partial charge in [0.1, 0.15) is 5.75 Å². The number of allylic oxidation sites excluding steroid dienone is 2. The van der Waals surface area contributed by atoms with Crippen LogP contribution in [0, 0.1) is 0 Å². The van der Waals surface area contributed by atoms with Gasteiger partial charge < -0.3 is 10.5 Å². The molecule has 16 heavy (non-hydrogen) atoms. The monoisotopic (exact) mass is 217 g/mol. The number of ether oxygens (including phenoxy) is 1. The molecule has 0 heterocycles. The molecule has 0 unspecified atom stereocenters. The first-order chi connectivity index (χ1) is 7.80. The Hall–Kier alpha value is -1.28. The lowest BCUT2D eigenvalue weighted by Crippen LogP contribution is -2.32. The van der Waals surface area contributed by atoms with Gasteiger partial charge in [0.25, 0.3) is 0 Å². The van der Waals surface area contributed by atoms with Crippen LogP contribution >= 0.6 is 0 Å². The Morgan fingerprint density at radius 1 is 1.19 bits per heavy atom. The molecule has 0 spiro atoms. The van der Waals surface area contributed by atoms with E-state index in [2.05, 4.69) is 24.3 Å². The van der Waals surface area contributed by atoms with E-state index < -0.39 is 0 Å². The van der Waals surface area contributed by atoms with E-state index in [1.165, 1.54) is 5.56 Å². The van der Waals surface area contributed by atoms with Gasteiger partial charge in [-0.3, -0.25) is 0 Å². The third-order valence-corrected chi connectivity index (χ3v) is 3.35. The van der Waals surface area contributed by atoms with E-state index in [9.17, 15) is 0 Å². The summed E-state index contributed by atoms with van der Waals surface area (Å²) in [6.07, 6.45) is 6.56. The van der Waals surface area contributed by atoms with Crippen LogP contribution in [0.3, 0.4) is 0 Å². The number of rotatable bonds is 4. The van der Waals surface area contributed by atoms with Crippen molar-refractivity contribution in [2.24, 2.45) is 5.73 Å². The second-order valence-electron chi connectivity index (χ2n) is 4.32. The van der Waals surface area contributed by atoms with Gasteiger partial charge in [-0.2, -0.15) is 0 Å². The van der Waals surface area contributed by atoms with Crippen molar-refractivity contribution in [1.82, 2.24) is 0 Å². The fourth-order valence-corrected chi connectivity index (χ4v) is 2.29. The van der Waals surface area contributed by atoms with Gasteiger partial charge in [-0.15, -0.1) is 0 Å². The van der Waals surface area contributed by atoms with Gasteiger partial charge in [0.2, 0.25) is 0 Å². The van der Waals surface area contributed by atoms with Gasteiger partial charge in [0.15, 0.2) is 0 Å². The lowest BCUT2D eigenvalue weighted by atomic mass is 9.78. The summed E-state index contributed by atoms with van der Waals surface area (Å²) in [4.78, 5) is 0. The van der Waals surface area contributed by atoms with Crippen LogP contribution in [0.15, 0.2) is 36.4 Å². The zero-order valence-electron chi connectivity index (χ0n) is 9.78. The fourth-order valence-electron chi connectivity index (χ4n) is 2.29. The van der Waals surface area contributed by atoms with Crippen LogP contribution in [0.4, 0.5) is 0 Å². The van der Waals surface area contributed by atoms with Gasteiger partial charge in [0, 0.05) is 12.0 Å². The van der Waals surface area contributed by atoms with E-state index in [1.807, 2.05) is 19.1 Å². The largest absolute Gasteiger partial charge is 0.494 e. The van der Waals surface area contributed by atoms with Gasteiger partial charge in [0.05, 0.1) is 6.61 Å². The fraction of sp³-hybridized carbons (Fsp3) is 0.429. The topological polar surface area (TPSA) is 35.2 Å². The highest BCUT2D eigenvalue weighted by molar-refractivity contribution is 5.35. The summed E-state index contributed by atoms with van der Waals surface area (Å²) >= 11 is 0. The zero-order chi connectivity index (χ0) is 11.4. The van der Waals surface area contributed by atoms with Gasteiger partial charge >= 0.3 is 0 Å². The van der Waals surface area contributed by atoms with E-state index in [0.29, 0.717) is 13.2 Å². The quantitative estimate of drug-likeness (QED) is 0.787. The molecule has 86 valence electrons. The predicted molar refractivity (Wildman–Crippen MR) is 66.7 cm³/mol. The molecule has 2 nitrogen and oxygen atoms in total. The second kappa shape index (κ2) is 4.71. The summed E-state index contributed by atoms with van der Waals surface area (Å²) in [6, 6.07) is 8.36. The van der Waals surface area contributed by atoms with E-state index >= 15 is 0 Å². The summed E-state index contributed by atoms with van der Waals surface area (Å²) in [7, 11) is 0. The van der Waals surface area contributed by atoms with Crippen molar-refractivity contribution < 1.29 is 4.74 Å². The molecule has 0 aliphatic heterocycles. The first-order valence-corrected chi connectivity index (χ1v) is 5.89. The van der Waals surface area contributed by atoms with Crippen molar-refractivity contribution in [2.45, 2.75) is 25.2 Å². The summed E-state index contributed by atoms with van der Waals surface area (Å²) in [5, 5.41) is 0. The summed E-state index contributed by atoms with van der Waals surface area (Å²) in [5.74, 6) is 0.935. The third kappa shape index (κ3) is 1.98. The average molecular weight is 217 g/mol. The molecule has 0 aromatic heterocycles. The Kier molecular flexibility index (Phi) is 3.30. The Labute approximate surface area is 97.1 Å². The van der Waals surface area contributed by atoms with Crippen molar-refractivity contribution in [3.05, 3.63) is 42.0 Å². The molecule has 0 fully saturated rings. The standard InChI is InChI=1S/C14H19NO/c1-2-16-13-7-5-12(6-8-13)14(11-15)9-3-4-10-14/h3-8H,2,9-11,15H2,1H3. The van der Waals surface area contributed by atoms with Crippen LogP contribution in [-0.4, -0.2) is 13.2 Å². The molecule has 1 aliphatic rings. The maximum absolute atomic E-state index is 5.93. The number of nitrogens with two attached hydrogens (primary N) is 1. The van der Waals surface area contributed by atoms with E-state index in [4.69, 9.17) is 10.5 Å². The van der Waals surface area contributed by atoms with Crippen LogP contribution in [0.1, 0.15) is 25.3 Å². The molecule has 0 bridgehead atoms. The molecule has 2 rings (SSSR count). The maximum atomic E-state index is 5.93. The van der Waals surface area contributed by atoms with Crippen LogP contribution in [0.25, 0.3) is 0 Å². The average Bonchev–Trinajstić information content (AvgIpc) is 2.80. The molecule has 0 saturated carbocycles. The smallest absolute Gasteiger partial charge is 0.119 e. The van der Waals surface area contributed by atoms with Gasteiger partial charge in [-0.25, -0.2) is 0 Å². The van der Waals surface area contributed by atoms with Crippen LogP contribution < -0.4 is 10.5 Å². The molecule has 1 aromatic carbocycles. The van der Waals surface area contributed by atoms with Crippen LogP contribution in [-0.2, 0) is 5.41 Å². The van der Waals surface area contributed by atoms with E-state index in [0.717, 1.165) is 18.6 Å². The van der Waals surface area contributed by atoms with E-state index in [-0.39, 0.29) is 5.41 Å². The lowest BCUT2D eigenvalue weighted by Gasteiger charge is -2.28. The molecule has 2 N–H and O–H groups in total. The van der Waals surface area contributed by atoms with E-state index in [1.54, 1.807) is 0 Å². The summed E-state index contributed by atoms with van der Waals surface area (Å²) in [5.41, 5.74) is 7.38. The first-order valence-electron chi connectivity index (χ1n) is 5.89. The van der Waals surface area contributed by atoms with Crippen molar-refractivity contribution in [1.29, 1.82) is 0 Å². The van der Waals surface area contributed by atoms with Crippen molar-refractivity contribution in [3.63, 3.8) is 0 Å². The Balaban J connectivity index is 2.20. The highest BCUT2D eigenvalue weighted by atomic mass is 16.5. The minimum absolute atomic E-state index is 0.130. The maximum Gasteiger partial charge on any atom is 0.119 e. The van der Waals surface area contributed by atoms with Gasteiger partial charge in [-0.1, -0.05) is 24.3 Å². The molecule has 2 heteroatoms. The van der Waals surface area contributed by atoms with Gasteiger partial charge in [-0.05, 0) is 37.5 Å². The molecule has 0 amide bonds. The summed E-state index contributed by atoms with van der Waals surface area (Å²) in [6.45, 7) is 3.41. The number of benzene rings is 1. The molecular formula is C14H19NO. The van der Waals surface area contributed by atoms with Crippen LogP contribution in [0.5, 0.6) is 5.75 Å². The highest BCUT2D eigenvalue weighted by Crippen LogP contribution is 2.36. The second-order valence-corrected chi connectivity index (χ2v) is 4.32.